The van der Waals surface area contributed by atoms with Crippen molar-refractivity contribution < 1.29 is 13.2 Å². The number of aryl methyl sites for hydroxylation is 1. The lowest BCUT2D eigenvalue weighted by atomic mass is 10.3. The molecule has 114 valence electrons. The Morgan fingerprint density at radius 2 is 1.95 bits per heavy atom. The Labute approximate surface area is 131 Å². The van der Waals surface area contributed by atoms with Crippen LogP contribution in [0.3, 0.4) is 0 Å². The van der Waals surface area contributed by atoms with Crippen molar-refractivity contribution in [1.29, 1.82) is 0 Å². The first-order valence-corrected chi connectivity index (χ1v) is 9.07. The Morgan fingerprint density at radius 1 is 1.29 bits per heavy atom. The molecule has 2 heterocycles. The van der Waals surface area contributed by atoms with E-state index in [4.69, 9.17) is 0 Å². The van der Waals surface area contributed by atoms with Gasteiger partial charge in [0.15, 0.2) is 5.13 Å². The highest BCUT2D eigenvalue weighted by molar-refractivity contribution is 7.91. The highest BCUT2D eigenvalue weighted by atomic mass is 32.2. The van der Waals surface area contributed by atoms with Gasteiger partial charge in [-0.1, -0.05) is 11.3 Å². The van der Waals surface area contributed by atoms with Gasteiger partial charge in [-0.15, -0.1) is 11.3 Å². The number of nitrogens with zero attached hydrogens (tertiary/aromatic N) is 2. The number of hydrogen-bond donors (Lipinski definition) is 1. The van der Waals surface area contributed by atoms with Crippen LogP contribution in [0, 0.1) is 6.92 Å². The van der Waals surface area contributed by atoms with Crippen molar-refractivity contribution in [2.24, 2.45) is 0 Å². The number of carbonyl (C=O) groups is 1. The zero-order valence-corrected chi connectivity index (χ0v) is 14.4. The van der Waals surface area contributed by atoms with Gasteiger partial charge in [0.05, 0.1) is 10.6 Å². The topological polar surface area (TPSA) is 79.4 Å². The third kappa shape index (κ3) is 3.31. The standard InChI is InChI=1S/C12H15N3O3S3/c1-7-11(20-12(13-7)14-8(2)16)9-5-6-10(19-9)21(17,18)15(3)4/h5-6H,1-4H3,(H,13,14,16). The molecular weight excluding hydrogens is 330 g/mol. The number of thiophene rings is 1. The summed E-state index contributed by atoms with van der Waals surface area (Å²) in [5.41, 5.74) is 0.763. The van der Waals surface area contributed by atoms with Gasteiger partial charge in [0.2, 0.25) is 5.91 Å². The monoisotopic (exact) mass is 345 g/mol. The summed E-state index contributed by atoms with van der Waals surface area (Å²) in [4.78, 5) is 17.0. The van der Waals surface area contributed by atoms with E-state index in [1.54, 1.807) is 12.1 Å². The van der Waals surface area contributed by atoms with Crippen LogP contribution in [0.2, 0.25) is 0 Å². The molecule has 0 radical (unpaired) electrons. The van der Waals surface area contributed by atoms with Crippen molar-refractivity contribution >= 4 is 43.7 Å². The van der Waals surface area contributed by atoms with Gasteiger partial charge in [-0.2, -0.15) is 0 Å². The first-order chi connectivity index (χ1) is 9.71. The second-order valence-electron chi connectivity index (χ2n) is 4.52. The average molecular weight is 345 g/mol. The van der Waals surface area contributed by atoms with Gasteiger partial charge in [-0.25, -0.2) is 17.7 Å². The number of amides is 1. The van der Waals surface area contributed by atoms with Gasteiger partial charge in [0.1, 0.15) is 4.21 Å². The first-order valence-electron chi connectivity index (χ1n) is 5.99. The van der Waals surface area contributed by atoms with Crippen LogP contribution >= 0.6 is 22.7 Å². The van der Waals surface area contributed by atoms with Gasteiger partial charge in [-0.05, 0) is 19.1 Å². The number of rotatable bonds is 4. The lowest BCUT2D eigenvalue weighted by Gasteiger charge is -2.08. The lowest BCUT2D eigenvalue weighted by Crippen LogP contribution is -2.21. The highest BCUT2D eigenvalue weighted by Crippen LogP contribution is 2.38. The van der Waals surface area contributed by atoms with Crippen LogP contribution in [0.4, 0.5) is 5.13 Å². The van der Waals surface area contributed by atoms with Crippen LogP contribution in [-0.2, 0) is 14.8 Å². The quantitative estimate of drug-likeness (QED) is 0.923. The van der Waals surface area contributed by atoms with Crippen LogP contribution in [0.15, 0.2) is 16.3 Å². The summed E-state index contributed by atoms with van der Waals surface area (Å²) in [6.07, 6.45) is 0. The molecule has 9 heteroatoms. The van der Waals surface area contributed by atoms with Crippen molar-refractivity contribution in [2.45, 2.75) is 18.1 Å². The Hall–Kier alpha value is -1.29. The number of sulfonamides is 1. The highest BCUT2D eigenvalue weighted by Gasteiger charge is 2.21. The molecule has 0 aliphatic rings. The van der Waals surface area contributed by atoms with E-state index in [0.29, 0.717) is 5.13 Å². The van der Waals surface area contributed by atoms with Crippen LogP contribution in [0.1, 0.15) is 12.6 Å². The Balaban J connectivity index is 2.39. The average Bonchev–Trinajstić information content (AvgIpc) is 2.95. The van der Waals surface area contributed by atoms with E-state index in [1.807, 2.05) is 6.92 Å². The smallest absolute Gasteiger partial charge is 0.252 e. The summed E-state index contributed by atoms with van der Waals surface area (Å²) >= 11 is 2.53. The maximum Gasteiger partial charge on any atom is 0.252 e. The van der Waals surface area contributed by atoms with E-state index >= 15 is 0 Å². The zero-order valence-electron chi connectivity index (χ0n) is 12.0. The molecule has 2 aromatic heterocycles. The lowest BCUT2D eigenvalue weighted by molar-refractivity contribution is -0.114. The third-order valence-electron chi connectivity index (χ3n) is 2.62. The van der Waals surface area contributed by atoms with Crippen LogP contribution in [0.5, 0.6) is 0 Å². The molecule has 0 spiro atoms. The van der Waals surface area contributed by atoms with Gasteiger partial charge in [-0.3, -0.25) is 4.79 Å². The number of carbonyl (C=O) groups excluding carboxylic acids is 1. The van der Waals surface area contributed by atoms with E-state index in [2.05, 4.69) is 10.3 Å². The molecule has 0 saturated heterocycles. The Kier molecular flexibility index (Phi) is 4.47. The Bertz CT molecular complexity index is 775. The fourth-order valence-electron chi connectivity index (χ4n) is 1.59. The second-order valence-corrected chi connectivity index (χ2v) is 8.98. The van der Waals surface area contributed by atoms with Crippen molar-refractivity contribution in [2.75, 3.05) is 19.4 Å². The molecule has 0 aliphatic carbocycles. The molecule has 2 aromatic rings. The second kappa shape index (κ2) is 5.84. The minimum atomic E-state index is -3.42. The molecule has 0 atom stereocenters. The molecule has 1 N–H and O–H groups in total. The van der Waals surface area contributed by atoms with Gasteiger partial charge >= 0.3 is 0 Å². The number of aromatic nitrogens is 1. The van der Waals surface area contributed by atoms with Gasteiger partial charge < -0.3 is 5.32 Å². The fraction of sp³-hybridized carbons (Fsp3) is 0.333. The fourth-order valence-corrected chi connectivity index (χ4v) is 5.24. The zero-order chi connectivity index (χ0) is 15.8. The molecule has 0 aromatic carbocycles. The molecular formula is C12H15N3O3S3. The van der Waals surface area contributed by atoms with E-state index in [0.717, 1.165) is 15.4 Å². The molecule has 0 saturated carbocycles. The Morgan fingerprint density at radius 3 is 2.52 bits per heavy atom. The van der Waals surface area contributed by atoms with E-state index < -0.39 is 10.0 Å². The van der Waals surface area contributed by atoms with E-state index in [1.165, 1.54) is 48.0 Å². The van der Waals surface area contributed by atoms with E-state index in [9.17, 15) is 13.2 Å². The minimum absolute atomic E-state index is 0.183. The van der Waals surface area contributed by atoms with Crippen molar-refractivity contribution in [3.05, 3.63) is 17.8 Å². The van der Waals surface area contributed by atoms with E-state index in [-0.39, 0.29) is 10.1 Å². The predicted octanol–water partition coefficient (Wildman–Crippen LogP) is 2.39. The SMILES string of the molecule is CC(=O)Nc1nc(C)c(-c2ccc(S(=O)(=O)N(C)C)s2)s1. The maximum absolute atomic E-state index is 12.1. The summed E-state index contributed by atoms with van der Waals surface area (Å²) in [6, 6.07) is 3.35. The number of nitrogens with one attached hydrogen (secondary N) is 1. The van der Waals surface area contributed by atoms with Crippen molar-refractivity contribution in [1.82, 2.24) is 9.29 Å². The summed E-state index contributed by atoms with van der Waals surface area (Å²) in [6.45, 7) is 3.25. The number of hydrogen-bond acceptors (Lipinski definition) is 6. The van der Waals surface area contributed by atoms with Crippen LogP contribution in [0.25, 0.3) is 9.75 Å². The normalized spacial score (nSPS) is 11.9. The van der Waals surface area contributed by atoms with Crippen molar-refractivity contribution in [3.8, 4) is 9.75 Å². The molecule has 0 bridgehead atoms. The molecule has 6 nitrogen and oxygen atoms in total. The summed E-state index contributed by atoms with van der Waals surface area (Å²) in [7, 11) is -0.420. The number of anilines is 1. The summed E-state index contributed by atoms with van der Waals surface area (Å²) in [5, 5.41) is 3.15. The van der Waals surface area contributed by atoms with Gasteiger partial charge in [0.25, 0.3) is 10.0 Å². The summed E-state index contributed by atoms with van der Waals surface area (Å²) in [5.74, 6) is -0.183. The summed E-state index contributed by atoms with van der Waals surface area (Å²) < 4.78 is 25.6. The third-order valence-corrected chi connectivity index (χ3v) is 7.24. The molecule has 0 fully saturated rings. The molecule has 0 unspecified atom stereocenters. The van der Waals surface area contributed by atoms with Crippen molar-refractivity contribution in [3.63, 3.8) is 0 Å². The molecule has 2 rings (SSSR count). The molecule has 0 aliphatic heterocycles. The maximum atomic E-state index is 12.1. The largest absolute Gasteiger partial charge is 0.302 e. The number of thiazole rings is 1. The van der Waals surface area contributed by atoms with Crippen LogP contribution < -0.4 is 5.32 Å². The minimum Gasteiger partial charge on any atom is -0.302 e. The molecule has 1 amide bonds. The molecule has 21 heavy (non-hydrogen) atoms. The first kappa shape index (κ1) is 16.1. The predicted molar refractivity (Wildman–Crippen MR) is 85.3 cm³/mol. The van der Waals surface area contributed by atoms with Crippen LogP contribution in [-0.4, -0.2) is 37.7 Å². The van der Waals surface area contributed by atoms with Gasteiger partial charge in [0, 0.05) is 25.9 Å².